The summed E-state index contributed by atoms with van der Waals surface area (Å²) in [5.74, 6) is -0.755. The topological polar surface area (TPSA) is 179 Å². The lowest BCUT2D eigenvalue weighted by molar-refractivity contribution is -0.141. The summed E-state index contributed by atoms with van der Waals surface area (Å²) in [4.78, 5) is 78.3. The maximum Gasteiger partial charge on any atom is 0.433 e. The van der Waals surface area contributed by atoms with Crippen molar-refractivity contribution in [2.24, 2.45) is 17.3 Å². The summed E-state index contributed by atoms with van der Waals surface area (Å²) in [6.45, 7) is 6.10. The second kappa shape index (κ2) is 17.7. The van der Waals surface area contributed by atoms with Crippen LogP contribution >= 0.6 is 0 Å². The van der Waals surface area contributed by atoms with Gasteiger partial charge >= 0.3 is 6.18 Å². The number of nitrogens with zero attached hydrogens (tertiary/aromatic N) is 5. The van der Waals surface area contributed by atoms with Crippen LogP contribution in [0, 0.1) is 17.3 Å². The SMILES string of the molecule is O=C1CCC(N2C(=O)c3cccc(NCCC4CC5(CCN(C[C@H]6CC[C@H](c7nc8cc(N9CCOCC9)c(NC(=O)c9cccc(C(F)(F)F)n9)cc8o7)CC6)CC5)C4)c3C2=O)C(=O)N1. The summed E-state index contributed by atoms with van der Waals surface area (Å²) >= 11 is 0. The number of carbonyl (C=O) groups is 5. The molecule has 0 bridgehead atoms. The summed E-state index contributed by atoms with van der Waals surface area (Å²) in [7, 11) is 0. The number of fused-ring (bicyclic) bond motifs is 2. The van der Waals surface area contributed by atoms with E-state index in [9.17, 15) is 37.1 Å². The van der Waals surface area contributed by atoms with Crippen molar-refractivity contribution in [2.75, 3.05) is 68.0 Å². The van der Waals surface area contributed by atoms with Gasteiger partial charge in [-0.1, -0.05) is 12.1 Å². The van der Waals surface area contributed by atoms with Gasteiger partial charge in [0.1, 0.15) is 22.9 Å². The first-order valence-electron chi connectivity index (χ1n) is 23.2. The Morgan fingerprint density at radius 3 is 2.36 bits per heavy atom. The molecule has 10 rings (SSSR count). The number of piperidine rings is 2. The lowest BCUT2D eigenvalue weighted by Gasteiger charge is -2.53. The van der Waals surface area contributed by atoms with Gasteiger partial charge < -0.3 is 29.6 Å². The zero-order valence-electron chi connectivity index (χ0n) is 36.6. The van der Waals surface area contributed by atoms with Gasteiger partial charge in [-0.3, -0.25) is 34.2 Å². The zero-order valence-corrected chi connectivity index (χ0v) is 36.6. The van der Waals surface area contributed by atoms with E-state index in [0.29, 0.717) is 89.7 Å². The molecule has 2 aromatic heterocycles. The average molecular weight is 911 g/mol. The summed E-state index contributed by atoms with van der Waals surface area (Å²) in [5, 5.41) is 8.46. The molecule has 3 N–H and O–H groups in total. The van der Waals surface area contributed by atoms with Gasteiger partial charge in [0.05, 0.1) is 35.7 Å². The molecule has 3 saturated heterocycles. The summed E-state index contributed by atoms with van der Waals surface area (Å²) in [5.41, 5.74) is 2.35. The number of carbonyl (C=O) groups excluding carboxylic acids is 5. The first kappa shape index (κ1) is 44.0. The van der Waals surface area contributed by atoms with Crippen LogP contribution in [-0.4, -0.2) is 108 Å². The van der Waals surface area contributed by atoms with Gasteiger partial charge in [0, 0.05) is 50.3 Å². The largest absolute Gasteiger partial charge is 0.440 e. The molecule has 2 aliphatic carbocycles. The number of oxazole rings is 1. The van der Waals surface area contributed by atoms with Crippen molar-refractivity contribution in [3.63, 3.8) is 0 Å². The number of pyridine rings is 1. The van der Waals surface area contributed by atoms with E-state index >= 15 is 0 Å². The molecule has 66 heavy (non-hydrogen) atoms. The fourth-order valence-corrected chi connectivity index (χ4v) is 11.2. The predicted octanol–water partition coefficient (Wildman–Crippen LogP) is 7.00. The molecule has 5 fully saturated rings. The zero-order chi connectivity index (χ0) is 45.7. The molecule has 15 nitrogen and oxygen atoms in total. The number of imide groups is 2. The van der Waals surface area contributed by atoms with Gasteiger partial charge in [0.25, 0.3) is 17.7 Å². The molecule has 18 heteroatoms. The van der Waals surface area contributed by atoms with Crippen molar-refractivity contribution in [3.05, 3.63) is 76.9 Å². The molecular weight excluding hydrogens is 858 g/mol. The summed E-state index contributed by atoms with van der Waals surface area (Å²) in [6, 6.07) is 11.0. The number of amides is 5. The lowest BCUT2D eigenvalue weighted by atomic mass is 9.57. The number of hydrogen-bond donors (Lipinski definition) is 3. The van der Waals surface area contributed by atoms with E-state index in [4.69, 9.17) is 14.1 Å². The molecule has 5 amide bonds. The Morgan fingerprint density at radius 2 is 1.62 bits per heavy atom. The highest BCUT2D eigenvalue weighted by molar-refractivity contribution is 6.25. The monoisotopic (exact) mass is 910 g/mol. The third kappa shape index (κ3) is 8.76. The number of hydrogen-bond acceptors (Lipinski definition) is 12. The Labute approximate surface area is 379 Å². The second-order valence-corrected chi connectivity index (χ2v) is 19.0. The average Bonchev–Trinajstić information content (AvgIpc) is 3.83. The predicted molar refractivity (Wildman–Crippen MR) is 236 cm³/mol. The van der Waals surface area contributed by atoms with Crippen molar-refractivity contribution in [1.82, 2.24) is 25.1 Å². The van der Waals surface area contributed by atoms with E-state index in [-0.39, 0.29) is 30.0 Å². The smallest absolute Gasteiger partial charge is 0.433 e. The normalized spacial score (nSPS) is 23.8. The molecule has 1 unspecified atom stereocenters. The molecule has 4 aromatic rings. The standard InChI is InChI=1S/C48H53F3N8O7/c49-48(50,51)39-6-2-5-33(53-39)42(61)54-34-24-38-35(23-37(34)58-19-21-65-22-20-58)55-44(66-38)30-9-7-28(8-10-30)27-57-17-14-47(15-18-57)25-29(26-47)13-16-52-32-4-1-3-31-41(32)46(64)59(45(31)63)36-11-12-40(60)56-43(36)62/h1-6,23-24,28-30,36,52H,7-22,25-27H2,(H,54,61)(H,56,60,62)/t28-,30-,36?. The van der Waals surface area contributed by atoms with Crippen LogP contribution in [0.25, 0.3) is 11.1 Å². The van der Waals surface area contributed by atoms with Gasteiger partial charge in [0.2, 0.25) is 11.8 Å². The number of halogens is 3. The number of benzene rings is 2. The van der Waals surface area contributed by atoms with Crippen molar-refractivity contribution >= 4 is 57.7 Å². The number of ether oxygens (including phenoxy) is 1. The molecule has 1 spiro atoms. The Bertz CT molecular complexity index is 2550. The van der Waals surface area contributed by atoms with E-state index in [0.717, 1.165) is 62.7 Å². The fraction of sp³-hybridized carbons (Fsp3) is 0.521. The van der Waals surface area contributed by atoms with Crippen LogP contribution in [-0.2, 0) is 20.5 Å². The van der Waals surface area contributed by atoms with Crippen molar-refractivity contribution in [2.45, 2.75) is 88.8 Å². The molecule has 2 aromatic carbocycles. The molecule has 4 aliphatic heterocycles. The maximum atomic E-state index is 13.5. The third-order valence-electron chi connectivity index (χ3n) is 14.8. The highest BCUT2D eigenvalue weighted by Crippen LogP contribution is 2.54. The van der Waals surface area contributed by atoms with E-state index in [2.05, 4.69) is 30.7 Å². The highest BCUT2D eigenvalue weighted by atomic mass is 19.4. The van der Waals surface area contributed by atoms with Crippen LogP contribution in [0.2, 0.25) is 0 Å². The number of likely N-dealkylation sites (tertiary alicyclic amines) is 1. The van der Waals surface area contributed by atoms with Gasteiger partial charge in [-0.05, 0) is 125 Å². The number of morpholine rings is 1. The summed E-state index contributed by atoms with van der Waals surface area (Å²) in [6.07, 6.45) is 5.33. The lowest BCUT2D eigenvalue weighted by Crippen LogP contribution is -2.54. The van der Waals surface area contributed by atoms with Crippen LogP contribution in [0.4, 0.5) is 30.2 Å². The summed E-state index contributed by atoms with van der Waals surface area (Å²) < 4.78 is 52.0. The molecular formula is C48H53F3N8O7. The Morgan fingerprint density at radius 1 is 0.864 bits per heavy atom. The van der Waals surface area contributed by atoms with Crippen LogP contribution < -0.4 is 20.9 Å². The van der Waals surface area contributed by atoms with E-state index in [1.54, 1.807) is 24.3 Å². The number of aromatic nitrogens is 2. The number of alkyl halides is 3. The second-order valence-electron chi connectivity index (χ2n) is 19.0. The van der Waals surface area contributed by atoms with Crippen LogP contribution in [0.1, 0.15) is 119 Å². The van der Waals surface area contributed by atoms with Crippen LogP contribution in [0.15, 0.2) is 52.9 Å². The molecule has 0 radical (unpaired) electrons. The number of nitrogens with one attached hydrogen (secondary N) is 3. The number of rotatable bonds is 11. The van der Waals surface area contributed by atoms with Crippen molar-refractivity contribution in [3.8, 4) is 0 Å². The minimum Gasteiger partial charge on any atom is -0.440 e. The van der Waals surface area contributed by atoms with Gasteiger partial charge in [-0.25, -0.2) is 9.97 Å². The fourth-order valence-electron chi connectivity index (χ4n) is 11.2. The highest BCUT2D eigenvalue weighted by Gasteiger charge is 2.47. The van der Waals surface area contributed by atoms with Crippen molar-refractivity contribution < 1.29 is 46.3 Å². The molecule has 6 aliphatic rings. The molecule has 2 saturated carbocycles. The first-order chi connectivity index (χ1) is 31.8. The quantitative estimate of drug-likeness (QED) is 0.132. The van der Waals surface area contributed by atoms with Crippen molar-refractivity contribution in [1.29, 1.82) is 0 Å². The van der Waals surface area contributed by atoms with Gasteiger partial charge in [-0.2, -0.15) is 13.2 Å². The van der Waals surface area contributed by atoms with E-state index in [1.165, 1.54) is 37.8 Å². The minimum atomic E-state index is -4.68. The minimum absolute atomic E-state index is 0.0798. The van der Waals surface area contributed by atoms with Crippen LogP contribution in [0.5, 0.6) is 0 Å². The van der Waals surface area contributed by atoms with Crippen LogP contribution in [0.3, 0.4) is 0 Å². The third-order valence-corrected chi connectivity index (χ3v) is 14.8. The molecule has 348 valence electrons. The Hall–Kier alpha value is -5.88. The van der Waals surface area contributed by atoms with Gasteiger partial charge in [0.15, 0.2) is 11.5 Å². The van der Waals surface area contributed by atoms with E-state index < -0.39 is 47.4 Å². The Kier molecular flexibility index (Phi) is 11.8. The number of anilines is 3. The molecule has 1 atom stereocenters. The first-order valence-corrected chi connectivity index (χ1v) is 23.2. The maximum absolute atomic E-state index is 13.5. The van der Waals surface area contributed by atoms with Gasteiger partial charge in [-0.15, -0.1) is 0 Å². The van der Waals surface area contributed by atoms with E-state index in [1.807, 2.05) is 6.07 Å². The molecule has 6 heterocycles. The Balaban J connectivity index is 0.690.